The third kappa shape index (κ3) is 6.74. The lowest BCUT2D eigenvalue weighted by Crippen LogP contribution is -2.27. The molecule has 1 nitrogen and oxygen atoms in total. The van der Waals surface area contributed by atoms with Crippen LogP contribution in [0.25, 0.3) is 0 Å². The van der Waals surface area contributed by atoms with E-state index in [1.54, 1.807) is 0 Å². The Morgan fingerprint density at radius 2 is 1.78 bits per heavy atom. The van der Waals surface area contributed by atoms with E-state index >= 15 is 0 Å². The van der Waals surface area contributed by atoms with E-state index in [9.17, 15) is 0 Å². The highest BCUT2D eigenvalue weighted by molar-refractivity contribution is 14.1. The van der Waals surface area contributed by atoms with Gasteiger partial charge in [-0.15, -0.1) is 0 Å². The maximum absolute atomic E-state index is 3.60. The summed E-state index contributed by atoms with van der Waals surface area (Å²) in [6, 6.07) is 8.96. The van der Waals surface area contributed by atoms with E-state index in [1.165, 1.54) is 28.4 Å². The van der Waals surface area contributed by atoms with Crippen molar-refractivity contribution in [3.8, 4) is 0 Å². The molecule has 0 saturated heterocycles. The molecule has 1 aromatic carbocycles. The predicted octanol–water partition coefficient (Wildman–Crippen LogP) is 4.50. The van der Waals surface area contributed by atoms with Crippen molar-refractivity contribution in [3.05, 3.63) is 33.4 Å². The average Bonchev–Trinajstić information content (AvgIpc) is 2.32. The highest BCUT2D eigenvalue weighted by Crippen LogP contribution is 2.15. The molecule has 0 aromatic heterocycles. The highest BCUT2D eigenvalue weighted by atomic mass is 127. The van der Waals surface area contributed by atoms with Gasteiger partial charge in [0, 0.05) is 3.57 Å². The number of nitrogens with one attached hydrogen (secondary N) is 1. The van der Waals surface area contributed by atoms with Gasteiger partial charge >= 0.3 is 0 Å². The lowest BCUT2D eigenvalue weighted by Gasteiger charge is -2.18. The van der Waals surface area contributed by atoms with E-state index in [4.69, 9.17) is 0 Å². The third-order valence-corrected chi connectivity index (χ3v) is 3.84. The van der Waals surface area contributed by atoms with Gasteiger partial charge in [0.15, 0.2) is 0 Å². The van der Waals surface area contributed by atoms with Gasteiger partial charge in [0.2, 0.25) is 0 Å². The van der Waals surface area contributed by atoms with Crippen LogP contribution < -0.4 is 5.32 Å². The molecule has 0 bridgehead atoms. The monoisotopic (exact) mass is 359 g/mol. The molecule has 0 aliphatic heterocycles. The van der Waals surface area contributed by atoms with Gasteiger partial charge in [-0.1, -0.05) is 39.3 Å². The molecule has 1 unspecified atom stereocenters. The van der Waals surface area contributed by atoms with Crippen LogP contribution in [-0.2, 0) is 6.42 Å². The van der Waals surface area contributed by atoms with E-state index in [0.29, 0.717) is 0 Å². The van der Waals surface area contributed by atoms with E-state index in [2.05, 4.69) is 72.9 Å². The van der Waals surface area contributed by atoms with Gasteiger partial charge in [-0.25, -0.2) is 0 Å². The summed E-state index contributed by atoms with van der Waals surface area (Å²) in [6.45, 7) is 9.09. The van der Waals surface area contributed by atoms with Gasteiger partial charge in [-0.2, -0.15) is 0 Å². The summed E-state index contributed by atoms with van der Waals surface area (Å²) in [4.78, 5) is 0. The molecule has 0 fully saturated rings. The molecule has 0 radical (unpaired) electrons. The lowest BCUT2D eigenvalue weighted by molar-refractivity contribution is 0.421. The molecule has 2 heteroatoms. The van der Waals surface area contributed by atoms with Crippen LogP contribution in [0.4, 0.5) is 0 Å². The number of rotatable bonds is 8. The normalized spacial score (nSPS) is 12.9. The van der Waals surface area contributed by atoms with Crippen LogP contribution in [0, 0.1) is 15.4 Å². The molecule has 18 heavy (non-hydrogen) atoms. The maximum atomic E-state index is 3.60. The Morgan fingerprint density at radius 1 is 1.11 bits per heavy atom. The lowest BCUT2D eigenvalue weighted by atomic mass is 9.95. The molecule has 102 valence electrons. The first-order valence-corrected chi connectivity index (χ1v) is 8.14. The SMILES string of the molecule is CCCC(CNCC(C)C)Cc1ccc(I)cc1. The highest BCUT2D eigenvalue weighted by Gasteiger charge is 2.09. The van der Waals surface area contributed by atoms with Crippen molar-refractivity contribution in [3.63, 3.8) is 0 Å². The van der Waals surface area contributed by atoms with Crippen LogP contribution in [0.2, 0.25) is 0 Å². The van der Waals surface area contributed by atoms with Crippen LogP contribution in [0.15, 0.2) is 24.3 Å². The summed E-state index contributed by atoms with van der Waals surface area (Å²) in [5.74, 6) is 1.51. The Balaban J connectivity index is 2.43. The Morgan fingerprint density at radius 3 is 2.33 bits per heavy atom. The van der Waals surface area contributed by atoms with Crippen molar-refractivity contribution in [2.45, 2.75) is 40.0 Å². The molecule has 0 saturated carbocycles. The zero-order valence-corrected chi connectivity index (χ0v) is 14.0. The second-order valence-electron chi connectivity index (χ2n) is 5.54. The second-order valence-corrected chi connectivity index (χ2v) is 6.78. The zero-order valence-electron chi connectivity index (χ0n) is 11.9. The third-order valence-electron chi connectivity index (χ3n) is 3.12. The molecule has 0 heterocycles. The molecule has 0 aliphatic carbocycles. The predicted molar refractivity (Wildman–Crippen MR) is 89.0 cm³/mol. The van der Waals surface area contributed by atoms with Gasteiger partial charge in [0.05, 0.1) is 0 Å². The fourth-order valence-electron chi connectivity index (χ4n) is 2.21. The molecule has 0 amide bonds. The number of hydrogen-bond acceptors (Lipinski definition) is 1. The van der Waals surface area contributed by atoms with Gasteiger partial charge in [0.1, 0.15) is 0 Å². The van der Waals surface area contributed by atoms with E-state index in [1.807, 2.05) is 0 Å². The topological polar surface area (TPSA) is 12.0 Å². The van der Waals surface area contributed by atoms with Crippen molar-refractivity contribution in [1.82, 2.24) is 5.32 Å². The minimum Gasteiger partial charge on any atom is -0.316 e. The first kappa shape index (κ1) is 16.0. The Hall–Kier alpha value is -0.0900. The molecule has 1 aromatic rings. The van der Waals surface area contributed by atoms with E-state index in [0.717, 1.165) is 24.9 Å². The summed E-state index contributed by atoms with van der Waals surface area (Å²) < 4.78 is 1.32. The Labute approximate surface area is 126 Å². The molecule has 1 rings (SSSR count). The van der Waals surface area contributed by atoms with Crippen molar-refractivity contribution in [1.29, 1.82) is 0 Å². The first-order valence-electron chi connectivity index (χ1n) is 7.07. The van der Waals surface area contributed by atoms with E-state index in [-0.39, 0.29) is 0 Å². The fraction of sp³-hybridized carbons (Fsp3) is 0.625. The quantitative estimate of drug-likeness (QED) is 0.674. The Kier molecular flexibility index (Phi) is 7.91. The maximum Gasteiger partial charge on any atom is 0.0130 e. The van der Waals surface area contributed by atoms with Crippen LogP contribution in [0.5, 0.6) is 0 Å². The summed E-state index contributed by atoms with van der Waals surface area (Å²) in [5.41, 5.74) is 1.47. The molecule has 0 aliphatic rings. The molecular weight excluding hydrogens is 333 g/mol. The van der Waals surface area contributed by atoms with Crippen molar-refractivity contribution >= 4 is 22.6 Å². The molecule has 0 spiro atoms. The van der Waals surface area contributed by atoms with E-state index < -0.39 is 0 Å². The van der Waals surface area contributed by atoms with Crippen molar-refractivity contribution in [2.75, 3.05) is 13.1 Å². The molecule has 1 N–H and O–H groups in total. The smallest absolute Gasteiger partial charge is 0.0130 e. The summed E-state index contributed by atoms with van der Waals surface area (Å²) in [6.07, 6.45) is 3.80. The van der Waals surface area contributed by atoms with Gasteiger partial charge in [-0.3, -0.25) is 0 Å². The van der Waals surface area contributed by atoms with Crippen molar-refractivity contribution < 1.29 is 0 Å². The van der Waals surface area contributed by atoms with Gasteiger partial charge < -0.3 is 5.32 Å². The number of halogens is 1. The minimum absolute atomic E-state index is 0.741. The molecular formula is C16H26IN. The zero-order chi connectivity index (χ0) is 13.4. The summed E-state index contributed by atoms with van der Waals surface area (Å²) in [7, 11) is 0. The van der Waals surface area contributed by atoms with Crippen LogP contribution >= 0.6 is 22.6 Å². The summed E-state index contributed by atoms with van der Waals surface area (Å²) >= 11 is 2.36. The molecule has 1 atom stereocenters. The van der Waals surface area contributed by atoms with Gasteiger partial charge in [-0.05, 0) is 78.1 Å². The van der Waals surface area contributed by atoms with Gasteiger partial charge in [0.25, 0.3) is 0 Å². The largest absolute Gasteiger partial charge is 0.316 e. The van der Waals surface area contributed by atoms with Crippen LogP contribution in [0.3, 0.4) is 0 Å². The first-order chi connectivity index (χ1) is 8.61. The number of hydrogen-bond donors (Lipinski definition) is 1. The average molecular weight is 359 g/mol. The second kappa shape index (κ2) is 8.92. The summed E-state index contributed by atoms with van der Waals surface area (Å²) in [5, 5.41) is 3.60. The van der Waals surface area contributed by atoms with Crippen molar-refractivity contribution in [2.24, 2.45) is 11.8 Å². The standard InChI is InChI=1S/C16H26IN/c1-4-5-15(12-18-11-13(2)3)10-14-6-8-16(17)9-7-14/h6-9,13,15,18H,4-5,10-12H2,1-3H3. The number of benzene rings is 1. The minimum atomic E-state index is 0.741. The van der Waals surface area contributed by atoms with Crippen LogP contribution in [0.1, 0.15) is 39.2 Å². The van der Waals surface area contributed by atoms with Crippen LogP contribution in [-0.4, -0.2) is 13.1 Å². The Bertz CT molecular complexity index is 318. The fourth-order valence-corrected chi connectivity index (χ4v) is 2.57.